The molecule has 0 bridgehead atoms. The van der Waals surface area contributed by atoms with E-state index in [1.54, 1.807) is 27.7 Å². The van der Waals surface area contributed by atoms with Crippen molar-refractivity contribution in [2.24, 2.45) is 11.8 Å². The molecule has 3 amide bonds. The van der Waals surface area contributed by atoms with E-state index in [1.807, 2.05) is 6.92 Å². The fourth-order valence-electron chi connectivity index (χ4n) is 6.77. The van der Waals surface area contributed by atoms with Gasteiger partial charge in [-0.25, -0.2) is 13.6 Å². The Balaban J connectivity index is 1.53. The first-order valence-corrected chi connectivity index (χ1v) is 18.1. The molecule has 296 valence electrons. The lowest BCUT2D eigenvalue weighted by Gasteiger charge is -2.39. The highest BCUT2D eigenvalue weighted by Gasteiger charge is 2.47. The van der Waals surface area contributed by atoms with Gasteiger partial charge in [0.2, 0.25) is 23.6 Å². The Labute approximate surface area is 313 Å². The van der Waals surface area contributed by atoms with Gasteiger partial charge < -0.3 is 30.2 Å². The molecule has 1 aliphatic rings. The summed E-state index contributed by atoms with van der Waals surface area (Å²) in [5.74, 6) is -6.49. The largest absolute Gasteiger partial charge is 0.460 e. The molecule has 0 saturated heterocycles. The SMILES string of the molecule is CCOC(=O)c1noc(C(NC(=O)[C@@]2(NC(=O)C(NC(=O)Cc3c(F)cccc3F)C(C)CC)CCc3[nH]c4c(C(F)(F)F)cccc4c3C2)C(C)CC)n1. The predicted octanol–water partition coefficient (Wildman–Crippen LogP) is 6.05. The molecule has 2 heterocycles. The zero-order valence-corrected chi connectivity index (χ0v) is 31.0. The molecule has 4 N–H and O–H groups in total. The number of para-hydroxylation sites is 1. The molecule has 0 aliphatic heterocycles. The van der Waals surface area contributed by atoms with Gasteiger partial charge in [0.25, 0.3) is 5.82 Å². The van der Waals surface area contributed by atoms with Gasteiger partial charge in [-0.1, -0.05) is 58.7 Å². The number of carbonyl (C=O) groups excluding carboxylic acids is 4. The van der Waals surface area contributed by atoms with Gasteiger partial charge in [-0.2, -0.15) is 18.2 Å². The minimum Gasteiger partial charge on any atom is -0.460 e. The number of fused-ring (bicyclic) bond motifs is 3. The molecule has 2 aromatic carbocycles. The van der Waals surface area contributed by atoms with Crippen molar-refractivity contribution in [3.05, 3.63) is 82.1 Å². The van der Waals surface area contributed by atoms with Crippen LogP contribution in [-0.2, 0) is 44.6 Å². The number of halogens is 5. The van der Waals surface area contributed by atoms with Gasteiger partial charge in [0.05, 0.1) is 24.1 Å². The zero-order chi connectivity index (χ0) is 40.2. The number of alkyl halides is 3. The lowest BCUT2D eigenvalue weighted by molar-refractivity contribution is -0.137. The second-order valence-electron chi connectivity index (χ2n) is 13.9. The fraction of sp³-hybridized carbons (Fsp3) is 0.474. The zero-order valence-electron chi connectivity index (χ0n) is 31.0. The van der Waals surface area contributed by atoms with Crippen LogP contribution < -0.4 is 16.0 Å². The van der Waals surface area contributed by atoms with E-state index in [0.717, 1.165) is 24.3 Å². The molecule has 17 heteroatoms. The molecule has 55 heavy (non-hydrogen) atoms. The number of aromatic nitrogens is 3. The van der Waals surface area contributed by atoms with Crippen LogP contribution in [0.3, 0.4) is 0 Å². The maximum atomic E-state index is 14.7. The Hall–Kier alpha value is -5.35. The van der Waals surface area contributed by atoms with E-state index in [0.29, 0.717) is 24.1 Å². The first-order valence-electron chi connectivity index (χ1n) is 18.1. The maximum Gasteiger partial charge on any atom is 0.418 e. The van der Waals surface area contributed by atoms with Crippen LogP contribution in [0.25, 0.3) is 10.9 Å². The number of H-pyrrole nitrogens is 1. The number of hydrogen-bond acceptors (Lipinski definition) is 8. The number of esters is 1. The number of aryl methyl sites for hydroxylation is 1. The fourth-order valence-corrected chi connectivity index (χ4v) is 6.77. The number of nitrogens with zero attached hydrogens (tertiary/aromatic N) is 2. The quantitative estimate of drug-likeness (QED) is 0.0888. The minimum absolute atomic E-state index is 0.0451. The molecular weight excluding hydrogens is 731 g/mol. The van der Waals surface area contributed by atoms with E-state index in [9.17, 15) is 41.1 Å². The third kappa shape index (κ3) is 8.65. The Kier molecular flexibility index (Phi) is 12.3. The van der Waals surface area contributed by atoms with Gasteiger partial charge in [0.1, 0.15) is 29.3 Å². The number of aromatic amines is 1. The van der Waals surface area contributed by atoms with Crippen molar-refractivity contribution in [1.82, 2.24) is 31.1 Å². The highest BCUT2D eigenvalue weighted by Crippen LogP contribution is 2.40. The molecule has 0 fully saturated rings. The smallest absolute Gasteiger partial charge is 0.418 e. The van der Waals surface area contributed by atoms with Crippen LogP contribution in [0.5, 0.6) is 0 Å². The maximum absolute atomic E-state index is 14.7. The van der Waals surface area contributed by atoms with E-state index >= 15 is 0 Å². The number of rotatable bonds is 14. The molecule has 12 nitrogen and oxygen atoms in total. The van der Waals surface area contributed by atoms with Crippen LogP contribution in [0.2, 0.25) is 0 Å². The van der Waals surface area contributed by atoms with Crippen molar-refractivity contribution in [1.29, 1.82) is 0 Å². The Morgan fingerprint density at radius 1 is 0.982 bits per heavy atom. The summed E-state index contributed by atoms with van der Waals surface area (Å²) in [4.78, 5) is 61.6. The van der Waals surface area contributed by atoms with Gasteiger partial charge in [-0.3, -0.25) is 14.4 Å². The van der Waals surface area contributed by atoms with Gasteiger partial charge in [-0.05, 0) is 60.5 Å². The van der Waals surface area contributed by atoms with Crippen molar-refractivity contribution in [2.75, 3.05) is 6.61 Å². The first kappa shape index (κ1) is 40.8. The summed E-state index contributed by atoms with van der Waals surface area (Å²) in [5.41, 5.74) is -2.52. The van der Waals surface area contributed by atoms with Crippen molar-refractivity contribution in [3.8, 4) is 0 Å². The summed E-state index contributed by atoms with van der Waals surface area (Å²) < 4.78 is 81.4. The number of nitrogens with one attached hydrogen (secondary N) is 4. The van der Waals surface area contributed by atoms with Gasteiger partial charge in [-0.15, -0.1) is 0 Å². The second kappa shape index (κ2) is 16.6. The van der Waals surface area contributed by atoms with Crippen LogP contribution in [0.4, 0.5) is 22.0 Å². The van der Waals surface area contributed by atoms with Gasteiger partial charge in [0.15, 0.2) is 0 Å². The molecule has 1 aliphatic carbocycles. The van der Waals surface area contributed by atoms with Gasteiger partial charge >= 0.3 is 12.1 Å². The van der Waals surface area contributed by atoms with E-state index in [4.69, 9.17) is 9.26 Å². The molecule has 5 rings (SSSR count). The molecule has 2 aromatic heterocycles. The molecule has 0 radical (unpaired) electrons. The summed E-state index contributed by atoms with van der Waals surface area (Å²) in [6.07, 6.45) is -4.83. The number of amides is 3. The Bertz CT molecular complexity index is 2040. The lowest BCUT2D eigenvalue weighted by atomic mass is 9.78. The minimum atomic E-state index is -4.68. The monoisotopic (exact) mass is 774 g/mol. The average Bonchev–Trinajstić information content (AvgIpc) is 3.78. The number of ether oxygens (including phenoxy) is 1. The van der Waals surface area contributed by atoms with Crippen LogP contribution in [0.1, 0.15) is 98.8 Å². The van der Waals surface area contributed by atoms with Crippen molar-refractivity contribution >= 4 is 34.6 Å². The Morgan fingerprint density at radius 3 is 2.29 bits per heavy atom. The number of hydrogen-bond donors (Lipinski definition) is 4. The van der Waals surface area contributed by atoms with Crippen molar-refractivity contribution < 1.29 is 50.4 Å². The molecule has 0 spiro atoms. The Morgan fingerprint density at radius 2 is 1.65 bits per heavy atom. The summed E-state index contributed by atoms with van der Waals surface area (Å²) in [5, 5.41) is 12.2. The predicted molar refractivity (Wildman–Crippen MR) is 188 cm³/mol. The normalized spacial score (nSPS) is 17.8. The topological polar surface area (TPSA) is 168 Å². The van der Waals surface area contributed by atoms with E-state index < -0.39 is 82.6 Å². The summed E-state index contributed by atoms with van der Waals surface area (Å²) in [6.45, 7) is 8.71. The number of benzene rings is 2. The summed E-state index contributed by atoms with van der Waals surface area (Å²) in [6, 6.07) is 4.60. The highest BCUT2D eigenvalue weighted by atomic mass is 19.4. The first-order chi connectivity index (χ1) is 26.0. The van der Waals surface area contributed by atoms with Crippen molar-refractivity contribution in [2.45, 2.75) is 96.9 Å². The average molecular weight is 775 g/mol. The summed E-state index contributed by atoms with van der Waals surface area (Å²) >= 11 is 0. The lowest BCUT2D eigenvalue weighted by Crippen LogP contribution is -2.65. The second-order valence-corrected chi connectivity index (χ2v) is 13.9. The van der Waals surface area contributed by atoms with E-state index in [2.05, 4.69) is 31.1 Å². The third-order valence-corrected chi connectivity index (χ3v) is 10.3. The van der Waals surface area contributed by atoms with Crippen LogP contribution in [0.15, 0.2) is 40.9 Å². The molecular formula is C38H43F5N6O6. The van der Waals surface area contributed by atoms with E-state index in [-0.39, 0.29) is 54.4 Å². The number of carbonyl (C=O) groups is 4. The highest BCUT2D eigenvalue weighted by molar-refractivity contribution is 5.97. The van der Waals surface area contributed by atoms with E-state index in [1.165, 1.54) is 12.1 Å². The third-order valence-electron chi connectivity index (χ3n) is 10.3. The van der Waals surface area contributed by atoms with Crippen LogP contribution in [0, 0.1) is 23.5 Å². The van der Waals surface area contributed by atoms with Crippen LogP contribution in [-0.4, -0.2) is 57.0 Å². The molecule has 4 aromatic rings. The standard InChI is InChI=1S/C38H43F5N6O6/c1-6-19(4)29(45-28(50)17-22-25(39)13-10-14-26(22)40)33(51)48-37(16-15-27-23(18-37)21-11-9-12-24(31(21)44-27)38(41,42)43)36(53)46-30(20(5)7-2)34-47-32(49-55-34)35(52)54-8-3/h9-14,19-20,29-30,44H,6-8,15-18H2,1-5H3,(H,45,50)(H,46,53)(H,48,51)/t19?,20?,29?,30?,37-/m1/s1. The molecule has 5 atom stereocenters. The van der Waals surface area contributed by atoms with Crippen LogP contribution >= 0.6 is 0 Å². The van der Waals surface area contributed by atoms with Gasteiger partial charge in [0, 0.05) is 23.1 Å². The van der Waals surface area contributed by atoms with Crippen molar-refractivity contribution in [3.63, 3.8) is 0 Å². The molecule has 0 saturated carbocycles. The summed E-state index contributed by atoms with van der Waals surface area (Å²) in [7, 11) is 0. The molecule has 4 unspecified atom stereocenters.